The third kappa shape index (κ3) is 3360. The van der Waals surface area contributed by atoms with Crippen molar-refractivity contribution in [2.75, 3.05) is 0 Å². The third-order valence-electron chi connectivity index (χ3n) is 0. The molecule has 0 unspecified atom stereocenters. The summed E-state index contributed by atoms with van der Waals surface area (Å²) < 4.78 is 0. The van der Waals surface area contributed by atoms with Crippen LogP contribution in [0.25, 0.3) is 0 Å². The van der Waals surface area contributed by atoms with Crippen molar-refractivity contribution in [3.63, 3.8) is 0 Å². The van der Waals surface area contributed by atoms with E-state index in [2.05, 4.69) is 13.8 Å². The van der Waals surface area contributed by atoms with Crippen LogP contribution in [0.1, 0.15) is 20.3 Å². The Balaban J connectivity index is -0.00000000333. The quantitative estimate of drug-likeness (QED) is 0.380. The molecule has 0 radical (unpaired) electrons. The molecule has 52 valence electrons. The molecule has 0 bridgehead atoms. The second-order valence-electron chi connectivity index (χ2n) is 0.707. The van der Waals surface area contributed by atoms with Crippen LogP contribution in [0.5, 0.6) is 0 Å². The highest BCUT2D eigenvalue weighted by molar-refractivity contribution is 3.92. The Labute approximate surface area is 46.0 Å². The van der Waals surface area contributed by atoms with Crippen LogP contribution in [-0.4, -0.2) is 0 Å². The molecule has 0 fully saturated rings. The second-order valence-corrected chi connectivity index (χ2v) is 0.707. The van der Waals surface area contributed by atoms with Gasteiger partial charge in [0.15, 0.2) is 0 Å². The van der Waals surface area contributed by atoms with E-state index in [0.29, 0.717) is 0 Å². The first-order valence-electron chi connectivity index (χ1n) is 1.41. The van der Waals surface area contributed by atoms with Gasteiger partial charge in [-0.1, -0.05) is 20.3 Å². The Morgan fingerprint density at radius 1 is 0.714 bits per heavy atom. The van der Waals surface area contributed by atoms with Gasteiger partial charge in [0, 0.05) is 0 Å². The average molecular weight is 112 g/mol. The van der Waals surface area contributed by atoms with Gasteiger partial charge in [-0.3, -0.25) is 0 Å². The molecule has 0 atom stereocenters. The minimum Gasteiger partial charge on any atom is -0.344 e. The predicted octanol–water partition coefficient (Wildman–Crippen LogP) is 2.06. The Hall–Kier alpha value is -0.160. The molecule has 0 amide bonds. The molecule has 0 spiro atoms. The summed E-state index contributed by atoms with van der Waals surface area (Å²) in [5.41, 5.74) is 0. The number of hydrogen-bond donors (Lipinski definition) is 4. The van der Waals surface area contributed by atoms with Crippen molar-refractivity contribution in [3.05, 3.63) is 0 Å². The maximum atomic E-state index is 2.12. The van der Waals surface area contributed by atoms with Gasteiger partial charge in [0.1, 0.15) is 0 Å². The minimum atomic E-state index is 0. The van der Waals surface area contributed by atoms with Crippen molar-refractivity contribution in [2.45, 2.75) is 20.3 Å². The Bertz CT molecular complexity index is 6.90. The molecular weight excluding hydrogens is 92.1 g/mol. The first-order valence-corrected chi connectivity index (χ1v) is 1.41. The van der Waals surface area contributed by atoms with E-state index in [-0.39, 0.29) is 24.6 Å². The lowest BCUT2D eigenvalue weighted by Crippen LogP contribution is -1.27. The van der Waals surface area contributed by atoms with E-state index >= 15 is 0 Å². The second kappa shape index (κ2) is 194. The van der Waals surface area contributed by atoms with Gasteiger partial charge < -0.3 is 24.6 Å². The van der Waals surface area contributed by atoms with E-state index in [1.165, 1.54) is 6.42 Å². The van der Waals surface area contributed by atoms with Crippen LogP contribution in [-0.2, 0) is 0 Å². The Morgan fingerprint density at radius 2 is 0.714 bits per heavy atom. The Morgan fingerprint density at radius 3 is 0.714 bits per heavy atom. The first kappa shape index (κ1) is 68.9. The summed E-state index contributed by atoms with van der Waals surface area (Å²) in [4.78, 5) is 0. The van der Waals surface area contributed by atoms with Gasteiger partial charge in [0.2, 0.25) is 0 Å². The highest BCUT2D eigenvalue weighted by atomic mass is 14.0. The zero-order valence-corrected chi connectivity index (χ0v) is 5.54. The molecule has 0 aromatic rings. The molecule has 7 heavy (non-hydrogen) atoms. The SMILES string of the molecule is CCC.N.N.N.N. The van der Waals surface area contributed by atoms with E-state index in [0.717, 1.165) is 0 Å². The molecular formula is C3H20N4. The summed E-state index contributed by atoms with van der Waals surface area (Å²) >= 11 is 0. The van der Waals surface area contributed by atoms with Gasteiger partial charge in [-0.25, -0.2) is 0 Å². The van der Waals surface area contributed by atoms with E-state index in [4.69, 9.17) is 0 Å². The summed E-state index contributed by atoms with van der Waals surface area (Å²) in [5, 5.41) is 0. The van der Waals surface area contributed by atoms with Crippen molar-refractivity contribution in [1.82, 2.24) is 24.6 Å². The monoisotopic (exact) mass is 112 g/mol. The van der Waals surface area contributed by atoms with E-state index < -0.39 is 0 Å². The first-order chi connectivity index (χ1) is 1.41. The van der Waals surface area contributed by atoms with Crippen LogP contribution in [0, 0.1) is 0 Å². The van der Waals surface area contributed by atoms with Crippen molar-refractivity contribution >= 4 is 0 Å². The standard InChI is InChI=1S/C3H8.4H3N/c1-3-2;;;;/h3H2,1-2H3;4*1H3. The molecule has 0 heterocycles. The van der Waals surface area contributed by atoms with Crippen LogP contribution >= 0.6 is 0 Å². The molecule has 12 N–H and O–H groups in total. The van der Waals surface area contributed by atoms with Crippen molar-refractivity contribution < 1.29 is 0 Å². The third-order valence-corrected chi connectivity index (χ3v) is 0. The maximum absolute atomic E-state index is 2.12. The summed E-state index contributed by atoms with van der Waals surface area (Å²) in [6, 6.07) is 0. The fraction of sp³-hybridized carbons (Fsp3) is 1.00. The summed E-state index contributed by atoms with van der Waals surface area (Å²) in [5.74, 6) is 0. The van der Waals surface area contributed by atoms with E-state index in [1.807, 2.05) is 0 Å². The Kier molecular flexibility index (Phi) is 1910. The molecule has 0 aromatic carbocycles. The zero-order chi connectivity index (χ0) is 2.71. The average Bonchev–Trinajstić information content (AvgIpc) is 0.918. The largest absolute Gasteiger partial charge is 0.344 e. The van der Waals surface area contributed by atoms with Gasteiger partial charge in [-0.2, -0.15) is 0 Å². The molecule has 0 rings (SSSR count). The zero-order valence-electron chi connectivity index (χ0n) is 5.54. The fourth-order valence-corrected chi connectivity index (χ4v) is 0. The molecule has 4 nitrogen and oxygen atoms in total. The smallest absolute Gasteiger partial charge is 0.0590 e. The normalized spacial score (nSPS) is 2.57. The molecule has 0 aliphatic heterocycles. The van der Waals surface area contributed by atoms with Gasteiger partial charge in [-0.15, -0.1) is 0 Å². The summed E-state index contributed by atoms with van der Waals surface area (Å²) in [7, 11) is 0. The molecule has 4 heteroatoms. The lowest BCUT2D eigenvalue weighted by molar-refractivity contribution is 1.09. The van der Waals surface area contributed by atoms with Gasteiger partial charge in [-0.05, 0) is 0 Å². The van der Waals surface area contributed by atoms with Crippen LogP contribution in [0.2, 0.25) is 0 Å². The van der Waals surface area contributed by atoms with Crippen LogP contribution in [0.15, 0.2) is 0 Å². The van der Waals surface area contributed by atoms with Crippen LogP contribution in [0.3, 0.4) is 0 Å². The molecule has 0 saturated carbocycles. The van der Waals surface area contributed by atoms with E-state index in [1.54, 1.807) is 0 Å². The molecule has 0 aliphatic carbocycles. The lowest BCUT2D eigenvalue weighted by atomic mass is 10.6. The number of hydrogen-bond acceptors (Lipinski definition) is 4. The number of rotatable bonds is 0. The van der Waals surface area contributed by atoms with Crippen molar-refractivity contribution in [3.8, 4) is 0 Å². The van der Waals surface area contributed by atoms with Gasteiger partial charge >= 0.3 is 0 Å². The fourth-order valence-electron chi connectivity index (χ4n) is 0. The van der Waals surface area contributed by atoms with Crippen molar-refractivity contribution in [1.29, 1.82) is 0 Å². The summed E-state index contributed by atoms with van der Waals surface area (Å²) in [6.45, 7) is 4.25. The highest BCUT2D eigenvalue weighted by Crippen LogP contribution is 1.56. The summed E-state index contributed by atoms with van der Waals surface area (Å²) in [6.07, 6.45) is 1.25. The van der Waals surface area contributed by atoms with Gasteiger partial charge in [0.25, 0.3) is 0 Å². The van der Waals surface area contributed by atoms with E-state index in [9.17, 15) is 0 Å². The molecule has 0 aliphatic rings. The maximum Gasteiger partial charge on any atom is -0.0590 e. The van der Waals surface area contributed by atoms with Crippen LogP contribution in [0.4, 0.5) is 0 Å². The predicted molar refractivity (Wildman–Crippen MR) is 36.1 cm³/mol. The molecule has 0 saturated heterocycles. The lowest BCUT2D eigenvalue weighted by Gasteiger charge is -1.48. The van der Waals surface area contributed by atoms with Crippen LogP contribution < -0.4 is 24.6 Å². The van der Waals surface area contributed by atoms with Gasteiger partial charge in [0.05, 0.1) is 0 Å². The topological polar surface area (TPSA) is 140 Å². The molecule has 0 aromatic heterocycles. The highest BCUT2D eigenvalue weighted by Gasteiger charge is 1.35. The van der Waals surface area contributed by atoms with Crippen molar-refractivity contribution in [2.24, 2.45) is 0 Å². The minimum absolute atomic E-state index is 0.